The summed E-state index contributed by atoms with van der Waals surface area (Å²) >= 11 is 0. The highest BCUT2D eigenvalue weighted by atomic mass is 16.5. The zero-order valence-electron chi connectivity index (χ0n) is 12.4. The first-order valence-corrected chi connectivity index (χ1v) is 6.59. The molecule has 6 nitrogen and oxygen atoms in total. The Balaban J connectivity index is 2.29. The van der Waals surface area contributed by atoms with Gasteiger partial charge in [-0.1, -0.05) is 20.8 Å². The van der Waals surface area contributed by atoms with Gasteiger partial charge < -0.3 is 10.1 Å². The molecular formula is C13H21N3O3. The molecule has 106 valence electrons. The minimum absolute atomic E-state index is 0.0105. The van der Waals surface area contributed by atoms with Gasteiger partial charge >= 0.3 is 5.69 Å². The Hall–Kier alpha value is -1.40. The SMILES string of the molecule is [3H]C(C)NC1[C@@H](CC)O[C@@H](n2ccc(=O)[nH]c2=O)[C@H]1C. The summed E-state index contributed by atoms with van der Waals surface area (Å²) < 4.78 is 15.0. The summed E-state index contributed by atoms with van der Waals surface area (Å²) in [4.78, 5) is 25.2. The normalized spacial score (nSPS) is 33.1. The summed E-state index contributed by atoms with van der Waals surface area (Å²) in [6.45, 7) is 5.36. The van der Waals surface area contributed by atoms with E-state index in [4.69, 9.17) is 6.11 Å². The Labute approximate surface area is 113 Å². The summed E-state index contributed by atoms with van der Waals surface area (Å²) in [5.41, 5.74) is -0.887. The van der Waals surface area contributed by atoms with Crippen LogP contribution in [0.2, 0.25) is 0 Å². The molecule has 2 unspecified atom stereocenters. The number of ether oxygens (including phenoxy) is 1. The molecule has 0 amide bonds. The van der Waals surface area contributed by atoms with Crippen LogP contribution in [0.4, 0.5) is 0 Å². The minimum Gasteiger partial charge on any atom is -0.353 e. The number of hydrogen-bond donors (Lipinski definition) is 2. The molecule has 2 N–H and O–H groups in total. The summed E-state index contributed by atoms with van der Waals surface area (Å²) in [7, 11) is 0. The lowest BCUT2D eigenvalue weighted by Crippen LogP contribution is -2.40. The van der Waals surface area contributed by atoms with Gasteiger partial charge in [-0.25, -0.2) is 4.79 Å². The maximum Gasteiger partial charge on any atom is 0.330 e. The number of nitrogens with one attached hydrogen (secondary N) is 2. The largest absolute Gasteiger partial charge is 0.353 e. The predicted molar refractivity (Wildman–Crippen MR) is 72.2 cm³/mol. The third-order valence-corrected chi connectivity index (χ3v) is 3.62. The molecule has 0 bridgehead atoms. The van der Waals surface area contributed by atoms with Gasteiger partial charge in [-0.2, -0.15) is 0 Å². The van der Waals surface area contributed by atoms with E-state index in [2.05, 4.69) is 10.3 Å². The number of nitrogens with zero attached hydrogens (tertiary/aromatic N) is 1. The average Bonchev–Trinajstić information content (AvgIpc) is 2.67. The third-order valence-electron chi connectivity index (χ3n) is 3.62. The molecule has 1 saturated heterocycles. The second kappa shape index (κ2) is 5.71. The van der Waals surface area contributed by atoms with Gasteiger partial charge in [0.05, 0.1) is 6.10 Å². The van der Waals surface area contributed by atoms with E-state index in [0.29, 0.717) is 0 Å². The van der Waals surface area contributed by atoms with Gasteiger partial charge in [-0.3, -0.25) is 14.3 Å². The van der Waals surface area contributed by atoms with E-state index in [1.807, 2.05) is 13.8 Å². The summed E-state index contributed by atoms with van der Waals surface area (Å²) in [5.74, 6) is 0.0244. The van der Waals surface area contributed by atoms with E-state index in [1.165, 1.54) is 16.8 Å². The van der Waals surface area contributed by atoms with Gasteiger partial charge in [0.2, 0.25) is 0 Å². The van der Waals surface area contributed by atoms with Crippen LogP contribution in [-0.4, -0.2) is 28.2 Å². The van der Waals surface area contributed by atoms with Crippen LogP contribution in [0, 0.1) is 5.92 Å². The standard InChI is InChI=1S/C13H21N3O3/c1-4-9-11(14-5-2)8(3)12(19-9)16-7-6-10(17)15-13(16)18/h6-9,11-12,14H,4-5H2,1-3H3,(H,15,17,18)/t8-,9+,11?,12+/m0/s1/i5T/t5?,8-,9+,11?,12+. The molecule has 1 aromatic heterocycles. The van der Waals surface area contributed by atoms with Crippen molar-refractivity contribution in [2.45, 2.75) is 45.6 Å². The molecule has 0 aromatic carbocycles. The number of aromatic amines is 1. The molecule has 0 saturated carbocycles. The molecule has 0 spiro atoms. The fraction of sp³-hybridized carbons (Fsp3) is 0.692. The molecule has 0 radical (unpaired) electrons. The van der Waals surface area contributed by atoms with Crippen LogP contribution in [0.5, 0.6) is 0 Å². The van der Waals surface area contributed by atoms with E-state index in [1.54, 1.807) is 6.92 Å². The van der Waals surface area contributed by atoms with Gasteiger partial charge in [0, 0.05) is 25.6 Å². The van der Waals surface area contributed by atoms with Crippen molar-refractivity contribution < 1.29 is 6.11 Å². The molecule has 19 heavy (non-hydrogen) atoms. The Morgan fingerprint density at radius 1 is 1.53 bits per heavy atom. The van der Waals surface area contributed by atoms with Crippen molar-refractivity contribution in [1.82, 2.24) is 14.9 Å². The monoisotopic (exact) mass is 269 g/mol. The van der Waals surface area contributed by atoms with Crippen molar-refractivity contribution in [1.29, 1.82) is 0 Å². The van der Waals surface area contributed by atoms with Crippen LogP contribution in [0.1, 0.15) is 34.8 Å². The van der Waals surface area contributed by atoms with Crippen LogP contribution in [0.3, 0.4) is 0 Å². The Bertz CT molecular complexity index is 568. The lowest BCUT2D eigenvalue weighted by atomic mass is 9.97. The topological polar surface area (TPSA) is 76.1 Å². The van der Waals surface area contributed by atoms with Crippen molar-refractivity contribution in [3.05, 3.63) is 33.1 Å². The Morgan fingerprint density at radius 2 is 2.26 bits per heavy atom. The van der Waals surface area contributed by atoms with Crippen LogP contribution in [0.25, 0.3) is 0 Å². The highest BCUT2D eigenvalue weighted by molar-refractivity contribution is 4.94. The van der Waals surface area contributed by atoms with Gasteiger partial charge in [-0.15, -0.1) is 0 Å². The van der Waals surface area contributed by atoms with Crippen molar-refractivity contribution in [3.63, 3.8) is 0 Å². The van der Waals surface area contributed by atoms with E-state index in [9.17, 15) is 9.59 Å². The molecule has 1 aliphatic heterocycles. The van der Waals surface area contributed by atoms with Crippen molar-refractivity contribution in [2.75, 3.05) is 6.52 Å². The first-order chi connectivity index (χ1) is 9.43. The minimum atomic E-state index is -0.469. The molecule has 2 rings (SSSR count). The van der Waals surface area contributed by atoms with Crippen molar-refractivity contribution in [3.8, 4) is 0 Å². The van der Waals surface area contributed by atoms with E-state index in [0.717, 1.165) is 6.42 Å². The van der Waals surface area contributed by atoms with E-state index < -0.39 is 24.0 Å². The highest BCUT2D eigenvalue weighted by Crippen LogP contribution is 2.34. The van der Waals surface area contributed by atoms with Crippen LogP contribution in [-0.2, 0) is 4.74 Å². The lowest BCUT2D eigenvalue weighted by Gasteiger charge is -2.21. The summed E-state index contributed by atoms with van der Waals surface area (Å²) in [5, 5.41) is 3.18. The third kappa shape index (κ3) is 2.64. The fourth-order valence-electron chi connectivity index (χ4n) is 2.65. The number of hydrogen-bond acceptors (Lipinski definition) is 4. The van der Waals surface area contributed by atoms with E-state index >= 15 is 0 Å². The van der Waals surface area contributed by atoms with Crippen molar-refractivity contribution in [2.24, 2.45) is 5.92 Å². The molecule has 2 heterocycles. The second-order valence-corrected chi connectivity index (χ2v) is 4.83. The maximum absolute atomic E-state index is 11.9. The number of rotatable bonds is 4. The summed E-state index contributed by atoms with van der Waals surface area (Å²) in [6, 6.07) is 1.32. The molecule has 0 aliphatic carbocycles. The maximum atomic E-state index is 11.9. The van der Waals surface area contributed by atoms with Gasteiger partial charge in [-0.05, 0) is 12.9 Å². The highest BCUT2D eigenvalue weighted by Gasteiger charge is 2.41. The molecular weight excluding hydrogens is 246 g/mol. The zero-order valence-corrected chi connectivity index (χ0v) is 11.4. The van der Waals surface area contributed by atoms with Gasteiger partial charge in [0.15, 0.2) is 0 Å². The van der Waals surface area contributed by atoms with Crippen LogP contribution >= 0.6 is 0 Å². The quantitative estimate of drug-likeness (QED) is 0.832. The predicted octanol–water partition coefficient (Wildman–Crippen LogP) is 0.458. The van der Waals surface area contributed by atoms with E-state index in [-0.39, 0.29) is 18.1 Å². The zero-order chi connectivity index (χ0) is 14.9. The van der Waals surface area contributed by atoms with Crippen LogP contribution in [0.15, 0.2) is 21.9 Å². The second-order valence-electron chi connectivity index (χ2n) is 4.83. The lowest BCUT2D eigenvalue weighted by molar-refractivity contribution is -0.0159. The first kappa shape index (κ1) is 12.6. The molecule has 1 fully saturated rings. The van der Waals surface area contributed by atoms with Gasteiger partial charge in [0.1, 0.15) is 6.23 Å². The molecule has 1 aromatic rings. The number of aromatic nitrogens is 2. The average molecular weight is 269 g/mol. The number of likely N-dealkylation sites (N-methyl/N-ethyl adjacent to an activating group) is 1. The Morgan fingerprint density at radius 3 is 2.84 bits per heavy atom. The van der Waals surface area contributed by atoms with Crippen molar-refractivity contribution >= 4 is 0 Å². The molecule has 5 atom stereocenters. The van der Waals surface area contributed by atoms with Gasteiger partial charge in [0.25, 0.3) is 5.56 Å². The molecule has 1 aliphatic rings. The molecule has 6 heteroatoms. The number of H-pyrrole nitrogens is 1. The Kier molecular flexibility index (Phi) is 3.79. The smallest absolute Gasteiger partial charge is 0.330 e. The first-order valence-electron chi connectivity index (χ1n) is 7.17. The summed E-state index contributed by atoms with van der Waals surface area (Å²) in [6.07, 6.45) is 1.77. The fourth-order valence-corrected chi connectivity index (χ4v) is 2.65. The van der Waals surface area contributed by atoms with Crippen LogP contribution < -0.4 is 16.6 Å².